The van der Waals surface area contributed by atoms with E-state index in [4.69, 9.17) is 17.0 Å². The van der Waals surface area contributed by atoms with Gasteiger partial charge in [0.2, 0.25) is 4.38 Å². The van der Waals surface area contributed by atoms with Crippen LogP contribution in [0, 0.1) is 0 Å². The first-order valence-electron chi connectivity index (χ1n) is 8.63. The maximum absolute atomic E-state index is 5.14. The van der Waals surface area contributed by atoms with Gasteiger partial charge in [0, 0.05) is 0 Å². The number of ether oxygens (including phenoxy) is 1. The van der Waals surface area contributed by atoms with Crippen molar-refractivity contribution < 1.29 is 4.74 Å². The molecule has 0 bridgehead atoms. The van der Waals surface area contributed by atoms with E-state index in [1.807, 2.05) is 0 Å². The molecule has 0 saturated heterocycles. The van der Waals surface area contributed by atoms with Crippen LogP contribution in [0.4, 0.5) is 0 Å². The fraction of sp³-hybridized carbons (Fsp3) is 0.941. The van der Waals surface area contributed by atoms with Crippen molar-refractivity contribution in [1.29, 1.82) is 0 Å². The van der Waals surface area contributed by atoms with Crippen LogP contribution in [0.3, 0.4) is 0 Å². The second-order valence-electron chi connectivity index (χ2n) is 5.71. The summed E-state index contributed by atoms with van der Waals surface area (Å²) in [5.74, 6) is 0. The molecule has 0 aliphatic rings. The van der Waals surface area contributed by atoms with Gasteiger partial charge in [-0.2, -0.15) is 0 Å². The summed E-state index contributed by atoms with van der Waals surface area (Å²) < 4.78 is 5.52. The van der Waals surface area contributed by atoms with Gasteiger partial charge in [0.05, 0.1) is 6.61 Å². The number of thiol groups is 1. The molecule has 0 radical (unpaired) electrons. The van der Waals surface area contributed by atoms with Gasteiger partial charge in [-0.3, -0.25) is 0 Å². The van der Waals surface area contributed by atoms with Gasteiger partial charge in [-0.05, 0) is 18.6 Å². The SMILES string of the molecule is CCCCCCCCCCCCCCCCOC(=S)S.[NaH]. The minimum absolute atomic E-state index is 0. The van der Waals surface area contributed by atoms with Gasteiger partial charge in [-0.15, -0.1) is 0 Å². The second kappa shape index (κ2) is 21.2. The van der Waals surface area contributed by atoms with Crippen molar-refractivity contribution in [2.45, 2.75) is 96.8 Å². The molecule has 0 aromatic heterocycles. The van der Waals surface area contributed by atoms with Crippen LogP contribution in [-0.2, 0) is 4.74 Å². The maximum atomic E-state index is 5.14. The summed E-state index contributed by atoms with van der Waals surface area (Å²) in [6, 6.07) is 0. The van der Waals surface area contributed by atoms with Gasteiger partial charge in [-0.25, -0.2) is 0 Å². The summed E-state index contributed by atoms with van der Waals surface area (Å²) in [6.07, 6.45) is 19.4. The number of hydrogen-bond donors (Lipinski definition) is 1. The first kappa shape index (κ1) is 24.5. The Balaban J connectivity index is 0. The van der Waals surface area contributed by atoms with E-state index in [0.29, 0.717) is 4.38 Å². The summed E-state index contributed by atoms with van der Waals surface area (Å²) in [5, 5.41) is 0. The van der Waals surface area contributed by atoms with E-state index < -0.39 is 0 Å². The molecule has 21 heavy (non-hydrogen) atoms. The zero-order chi connectivity index (χ0) is 14.9. The van der Waals surface area contributed by atoms with Crippen molar-refractivity contribution in [2.24, 2.45) is 0 Å². The van der Waals surface area contributed by atoms with Crippen molar-refractivity contribution in [3.05, 3.63) is 0 Å². The molecule has 0 aromatic rings. The van der Waals surface area contributed by atoms with E-state index in [2.05, 4.69) is 19.6 Å². The molecule has 1 nitrogen and oxygen atoms in total. The molecule has 0 atom stereocenters. The predicted octanol–water partition coefficient (Wildman–Crippen LogP) is 6.05. The number of unbranched alkanes of at least 4 members (excludes halogenated alkanes) is 13. The molecular formula is C17H35NaOS2. The monoisotopic (exact) mass is 342 g/mol. The van der Waals surface area contributed by atoms with E-state index >= 15 is 0 Å². The first-order valence-corrected chi connectivity index (χ1v) is 9.48. The fourth-order valence-corrected chi connectivity index (χ4v) is 2.63. The number of hydrogen-bond acceptors (Lipinski definition) is 2. The Morgan fingerprint density at radius 1 is 0.714 bits per heavy atom. The molecule has 0 heterocycles. The van der Waals surface area contributed by atoms with Crippen LogP contribution in [0.15, 0.2) is 0 Å². The average Bonchev–Trinajstić information content (AvgIpc) is 2.43. The molecule has 4 heteroatoms. The third-order valence-corrected chi connectivity index (χ3v) is 3.97. The topological polar surface area (TPSA) is 9.23 Å². The Labute approximate surface area is 166 Å². The predicted molar refractivity (Wildman–Crippen MR) is 105 cm³/mol. The second-order valence-corrected chi connectivity index (χ2v) is 6.79. The van der Waals surface area contributed by atoms with Crippen LogP contribution in [-0.4, -0.2) is 40.5 Å². The van der Waals surface area contributed by atoms with E-state index in [1.165, 1.54) is 83.5 Å². The van der Waals surface area contributed by atoms with E-state index in [0.717, 1.165) is 13.0 Å². The van der Waals surface area contributed by atoms with Crippen molar-refractivity contribution in [1.82, 2.24) is 0 Å². The van der Waals surface area contributed by atoms with Gasteiger partial charge >= 0.3 is 29.6 Å². The standard InChI is InChI=1S/C17H34OS2.Na.H/c1-2-3-4-5-6-7-8-9-10-11-12-13-14-15-16-18-17(19)20;;/h2-16H2,1H3,(H,19,20);;. The third-order valence-electron chi connectivity index (χ3n) is 3.72. The summed E-state index contributed by atoms with van der Waals surface area (Å²) in [4.78, 5) is 0. The van der Waals surface area contributed by atoms with Gasteiger partial charge in [0.1, 0.15) is 0 Å². The Morgan fingerprint density at radius 3 is 1.38 bits per heavy atom. The molecule has 0 saturated carbocycles. The third kappa shape index (κ3) is 23.6. The van der Waals surface area contributed by atoms with Crippen LogP contribution in [0.25, 0.3) is 0 Å². The molecular weight excluding hydrogens is 307 g/mol. The van der Waals surface area contributed by atoms with Crippen molar-refractivity contribution in [3.8, 4) is 0 Å². The Hall–Kier alpha value is 1.24. The van der Waals surface area contributed by atoms with E-state index in [9.17, 15) is 0 Å². The molecule has 0 aromatic carbocycles. The molecule has 0 aliphatic carbocycles. The van der Waals surface area contributed by atoms with E-state index in [-0.39, 0.29) is 29.6 Å². The zero-order valence-electron chi connectivity index (χ0n) is 13.4. The number of rotatable bonds is 15. The van der Waals surface area contributed by atoms with Gasteiger partial charge in [0.25, 0.3) is 0 Å². The zero-order valence-corrected chi connectivity index (χ0v) is 15.1. The van der Waals surface area contributed by atoms with Crippen LogP contribution in [0.1, 0.15) is 96.8 Å². The number of thiocarbonyl (C=S) groups is 1. The molecule has 0 fully saturated rings. The molecule has 0 amide bonds. The average molecular weight is 343 g/mol. The minimum atomic E-state index is 0. The van der Waals surface area contributed by atoms with Crippen LogP contribution < -0.4 is 0 Å². The van der Waals surface area contributed by atoms with Crippen LogP contribution in [0.5, 0.6) is 0 Å². The van der Waals surface area contributed by atoms with Crippen LogP contribution >= 0.6 is 24.8 Å². The fourth-order valence-electron chi connectivity index (χ4n) is 2.46. The summed E-state index contributed by atoms with van der Waals surface area (Å²) in [7, 11) is 0. The summed E-state index contributed by atoms with van der Waals surface area (Å²) in [6.45, 7) is 3.02. The molecule has 0 N–H and O–H groups in total. The van der Waals surface area contributed by atoms with Gasteiger partial charge < -0.3 is 4.74 Å². The van der Waals surface area contributed by atoms with Crippen molar-refractivity contribution in [2.75, 3.05) is 6.61 Å². The molecule has 0 aliphatic heterocycles. The molecule has 0 unspecified atom stereocenters. The van der Waals surface area contributed by atoms with Gasteiger partial charge in [0.15, 0.2) is 0 Å². The summed E-state index contributed by atoms with van der Waals surface area (Å²) >= 11 is 8.67. The molecule has 0 spiro atoms. The first-order chi connectivity index (χ1) is 9.77. The van der Waals surface area contributed by atoms with Crippen LogP contribution in [0.2, 0.25) is 0 Å². The summed E-state index contributed by atoms with van der Waals surface area (Å²) in [5.41, 5.74) is 0. The Morgan fingerprint density at radius 2 is 1.05 bits per heavy atom. The van der Waals surface area contributed by atoms with E-state index in [1.54, 1.807) is 0 Å². The Bertz CT molecular complexity index is 213. The Kier molecular flexibility index (Phi) is 24.8. The normalized spacial score (nSPS) is 10.2. The van der Waals surface area contributed by atoms with Crippen molar-refractivity contribution in [3.63, 3.8) is 0 Å². The molecule has 122 valence electrons. The molecule has 0 rings (SSSR count). The van der Waals surface area contributed by atoms with Gasteiger partial charge in [-0.1, -0.05) is 103 Å². The van der Waals surface area contributed by atoms with Crippen molar-refractivity contribution >= 4 is 58.8 Å². The quantitative estimate of drug-likeness (QED) is 0.168.